The Morgan fingerprint density at radius 3 is 2.24 bits per heavy atom. The standard InChI is InChI=1S/C19H36N4O.HI/c20-18(22-17-8-4-1-2-5-9-17)21-16-19(10-6-3-7-11-19)23-12-14-24-15-13-23;/h17H,1-16H2,(H3,20,21,22);1H. The Balaban J connectivity index is 0.00000225. The average molecular weight is 464 g/mol. The quantitative estimate of drug-likeness (QED) is 0.290. The summed E-state index contributed by atoms with van der Waals surface area (Å²) in [5, 5.41) is 3.50. The first-order valence-electron chi connectivity index (χ1n) is 10.2. The molecule has 0 amide bonds. The van der Waals surface area contributed by atoms with Crippen molar-refractivity contribution in [2.45, 2.75) is 82.2 Å². The second kappa shape index (κ2) is 10.9. The normalized spacial score (nSPS) is 26.5. The first kappa shape index (κ1) is 21.2. The van der Waals surface area contributed by atoms with Crippen LogP contribution < -0.4 is 11.1 Å². The predicted octanol–water partition coefficient (Wildman–Crippen LogP) is 3.27. The number of hydrogen-bond acceptors (Lipinski definition) is 3. The highest BCUT2D eigenvalue weighted by atomic mass is 127. The number of aliphatic imine (C=N–C) groups is 1. The summed E-state index contributed by atoms with van der Waals surface area (Å²) in [4.78, 5) is 7.46. The summed E-state index contributed by atoms with van der Waals surface area (Å²) >= 11 is 0. The Labute approximate surface area is 170 Å². The topological polar surface area (TPSA) is 62.9 Å². The lowest BCUT2D eigenvalue weighted by atomic mass is 9.80. The third-order valence-electron chi connectivity index (χ3n) is 6.22. The lowest BCUT2D eigenvalue weighted by molar-refractivity contribution is -0.0333. The smallest absolute Gasteiger partial charge is 0.188 e. The van der Waals surface area contributed by atoms with Gasteiger partial charge in [0.05, 0.1) is 19.8 Å². The van der Waals surface area contributed by atoms with Crippen molar-refractivity contribution in [1.82, 2.24) is 10.2 Å². The lowest BCUT2D eigenvalue weighted by Crippen LogP contribution is -2.56. The number of hydrogen-bond donors (Lipinski definition) is 2. The Bertz CT molecular complexity index is 398. The van der Waals surface area contributed by atoms with Crippen molar-refractivity contribution in [2.24, 2.45) is 10.7 Å². The molecule has 0 spiro atoms. The highest BCUT2D eigenvalue weighted by Crippen LogP contribution is 2.34. The van der Waals surface area contributed by atoms with E-state index in [1.54, 1.807) is 0 Å². The Kier molecular flexibility index (Phi) is 9.27. The summed E-state index contributed by atoms with van der Waals surface area (Å²) in [7, 11) is 0. The molecule has 6 heteroatoms. The molecule has 0 unspecified atom stereocenters. The third-order valence-corrected chi connectivity index (χ3v) is 6.22. The zero-order chi connectivity index (χ0) is 16.7. The number of halogens is 1. The van der Waals surface area contributed by atoms with E-state index in [1.807, 2.05) is 0 Å². The molecule has 3 rings (SSSR count). The third kappa shape index (κ3) is 6.24. The number of ether oxygens (including phenoxy) is 1. The van der Waals surface area contributed by atoms with Gasteiger partial charge in [0.15, 0.2) is 5.96 Å². The molecular weight excluding hydrogens is 427 g/mol. The summed E-state index contributed by atoms with van der Waals surface area (Å²) < 4.78 is 5.56. The monoisotopic (exact) mass is 464 g/mol. The molecular formula is C19H37IN4O. The van der Waals surface area contributed by atoms with Gasteiger partial charge in [0, 0.05) is 24.7 Å². The molecule has 146 valence electrons. The van der Waals surface area contributed by atoms with Gasteiger partial charge in [-0.05, 0) is 25.7 Å². The van der Waals surface area contributed by atoms with Gasteiger partial charge in [-0.25, -0.2) is 0 Å². The van der Waals surface area contributed by atoms with Crippen molar-refractivity contribution >= 4 is 29.9 Å². The van der Waals surface area contributed by atoms with E-state index in [1.165, 1.54) is 70.6 Å². The molecule has 3 N–H and O–H groups in total. The molecule has 0 aromatic carbocycles. The van der Waals surface area contributed by atoms with Crippen LogP contribution in [0.25, 0.3) is 0 Å². The minimum absolute atomic E-state index is 0. The van der Waals surface area contributed by atoms with Gasteiger partial charge in [0.25, 0.3) is 0 Å². The SMILES string of the molecule is I.NC(=NCC1(N2CCOCC2)CCCCC1)NC1CCCCCC1. The minimum atomic E-state index is 0. The Hall–Kier alpha value is -0.0800. The van der Waals surface area contributed by atoms with E-state index in [0.717, 1.165) is 32.8 Å². The van der Waals surface area contributed by atoms with Crippen molar-refractivity contribution in [1.29, 1.82) is 0 Å². The van der Waals surface area contributed by atoms with Crippen LogP contribution >= 0.6 is 24.0 Å². The molecule has 0 radical (unpaired) electrons. The number of nitrogens with one attached hydrogen (secondary N) is 1. The largest absolute Gasteiger partial charge is 0.379 e. The Morgan fingerprint density at radius 1 is 1.00 bits per heavy atom. The first-order chi connectivity index (χ1) is 11.8. The zero-order valence-electron chi connectivity index (χ0n) is 15.7. The fraction of sp³-hybridized carbons (Fsp3) is 0.947. The second-order valence-corrected chi connectivity index (χ2v) is 7.92. The molecule has 5 nitrogen and oxygen atoms in total. The van der Waals surface area contributed by atoms with Gasteiger partial charge in [-0.1, -0.05) is 44.9 Å². The molecule has 1 heterocycles. The highest BCUT2D eigenvalue weighted by molar-refractivity contribution is 14.0. The van der Waals surface area contributed by atoms with Crippen molar-refractivity contribution in [3.05, 3.63) is 0 Å². The second-order valence-electron chi connectivity index (χ2n) is 7.92. The van der Waals surface area contributed by atoms with Gasteiger partial charge in [0.2, 0.25) is 0 Å². The van der Waals surface area contributed by atoms with Gasteiger partial charge in [-0.2, -0.15) is 0 Å². The first-order valence-corrected chi connectivity index (χ1v) is 10.2. The van der Waals surface area contributed by atoms with Crippen molar-refractivity contribution < 1.29 is 4.74 Å². The Morgan fingerprint density at radius 2 is 1.60 bits per heavy atom. The molecule has 25 heavy (non-hydrogen) atoms. The van der Waals surface area contributed by atoms with E-state index in [-0.39, 0.29) is 29.5 Å². The van der Waals surface area contributed by atoms with Crippen LogP contribution in [0.2, 0.25) is 0 Å². The van der Waals surface area contributed by atoms with Crippen molar-refractivity contribution in [3.8, 4) is 0 Å². The van der Waals surface area contributed by atoms with E-state index in [9.17, 15) is 0 Å². The van der Waals surface area contributed by atoms with E-state index < -0.39 is 0 Å². The highest BCUT2D eigenvalue weighted by Gasteiger charge is 2.38. The van der Waals surface area contributed by atoms with E-state index in [0.29, 0.717) is 12.0 Å². The van der Waals surface area contributed by atoms with Gasteiger partial charge in [0.1, 0.15) is 0 Å². The van der Waals surface area contributed by atoms with Crippen LogP contribution in [0, 0.1) is 0 Å². The fourth-order valence-corrected chi connectivity index (χ4v) is 4.73. The molecule has 0 aromatic rings. The van der Waals surface area contributed by atoms with Gasteiger partial charge in [-0.15, -0.1) is 24.0 Å². The maximum absolute atomic E-state index is 6.26. The van der Waals surface area contributed by atoms with Crippen LogP contribution in [0.1, 0.15) is 70.6 Å². The summed E-state index contributed by atoms with van der Waals surface area (Å²) in [5.74, 6) is 0.667. The fourth-order valence-electron chi connectivity index (χ4n) is 4.73. The molecule has 0 atom stereocenters. The van der Waals surface area contributed by atoms with E-state index in [2.05, 4.69) is 10.2 Å². The number of guanidine groups is 1. The van der Waals surface area contributed by atoms with Crippen LogP contribution in [0.3, 0.4) is 0 Å². The molecule has 3 fully saturated rings. The molecule has 0 aromatic heterocycles. The van der Waals surface area contributed by atoms with Crippen LogP contribution in [0.4, 0.5) is 0 Å². The number of rotatable bonds is 4. The van der Waals surface area contributed by atoms with E-state index >= 15 is 0 Å². The van der Waals surface area contributed by atoms with Crippen LogP contribution in [0.5, 0.6) is 0 Å². The summed E-state index contributed by atoms with van der Waals surface area (Å²) in [6, 6.07) is 0.530. The van der Waals surface area contributed by atoms with Crippen LogP contribution in [-0.2, 0) is 4.74 Å². The molecule has 1 saturated heterocycles. The molecule has 1 aliphatic heterocycles. The van der Waals surface area contributed by atoms with E-state index in [4.69, 9.17) is 15.5 Å². The van der Waals surface area contributed by atoms with Gasteiger partial charge < -0.3 is 15.8 Å². The molecule has 2 saturated carbocycles. The predicted molar refractivity (Wildman–Crippen MR) is 115 cm³/mol. The summed E-state index contributed by atoms with van der Waals surface area (Å²) in [6.45, 7) is 4.66. The van der Waals surface area contributed by atoms with Crippen LogP contribution in [0.15, 0.2) is 4.99 Å². The number of nitrogens with zero attached hydrogens (tertiary/aromatic N) is 2. The lowest BCUT2D eigenvalue weighted by Gasteiger charge is -2.47. The number of morpholine rings is 1. The van der Waals surface area contributed by atoms with Gasteiger partial charge in [-0.3, -0.25) is 9.89 Å². The zero-order valence-corrected chi connectivity index (χ0v) is 18.0. The average Bonchev–Trinajstić information content (AvgIpc) is 2.90. The minimum Gasteiger partial charge on any atom is -0.379 e. The van der Waals surface area contributed by atoms with Crippen molar-refractivity contribution in [2.75, 3.05) is 32.8 Å². The molecule has 3 aliphatic rings. The maximum atomic E-state index is 6.26. The van der Waals surface area contributed by atoms with Crippen LogP contribution in [-0.4, -0.2) is 55.3 Å². The maximum Gasteiger partial charge on any atom is 0.188 e. The van der Waals surface area contributed by atoms with Gasteiger partial charge >= 0.3 is 0 Å². The molecule has 0 bridgehead atoms. The summed E-state index contributed by atoms with van der Waals surface area (Å²) in [6.07, 6.45) is 14.4. The number of nitrogens with two attached hydrogens (primary N) is 1. The van der Waals surface area contributed by atoms with Crippen molar-refractivity contribution in [3.63, 3.8) is 0 Å². The summed E-state index contributed by atoms with van der Waals surface area (Å²) in [5.41, 5.74) is 6.48. The molecule has 2 aliphatic carbocycles.